The number of likely N-dealkylation sites (tertiary alicyclic amines) is 1. The molecule has 2 aliphatic heterocycles. The number of likely N-dealkylation sites (N-methyl/N-ethyl adjacent to an activating group) is 1. The summed E-state index contributed by atoms with van der Waals surface area (Å²) in [6.45, 7) is -2.63. The fourth-order valence-electron chi connectivity index (χ4n) is 5.36. The van der Waals surface area contributed by atoms with Gasteiger partial charge in [0, 0.05) is 24.3 Å². The number of rotatable bonds is 1. The molecule has 1 aromatic carbocycles. The lowest BCUT2D eigenvalue weighted by Crippen LogP contribution is -2.69. The summed E-state index contributed by atoms with van der Waals surface area (Å²) in [6, 6.07) is 3.10. The second kappa shape index (κ2) is 4.09. The van der Waals surface area contributed by atoms with Crippen LogP contribution in [0.3, 0.4) is 0 Å². The largest absolute Gasteiger partial charge is 0.633 e. The summed E-state index contributed by atoms with van der Waals surface area (Å²) in [5.41, 5.74) is 1.38. The molecule has 4 aliphatic rings. The first kappa shape index (κ1) is 11.1. The molecule has 1 aromatic rings. The fourth-order valence-corrected chi connectivity index (χ4v) is 5.36. The number of aliphatic hydroxyl groups excluding tert-OH is 1. The third kappa shape index (κ3) is 1.44. The molecule has 0 unspecified atom stereocenters. The van der Waals surface area contributed by atoms with Crippen LogP contribution < -0.4 is 9.47 Å². The summed E-state index contributed by atoms with van der Waals surface area (Å²) in [5, 5.41) is 24.1. The first-order chi connectivity index (χ1) is 12.2. The normalized spacial score (nSPS) is 47.9. The summed E-state index contributed by atoms with van der Waals surface area (Å²) in [4.78, 5) is 0. The third-order valence-corrected chi connectivity index (χ3v) is 6.30. The second-order valence-electron chi connectivity index (χ2n) is 7.15. The average molecular weight is 318 g/mol. The number of benzene rings is 1. The highest BCUT2D eigenvalue weighted by molar-refractivity contribution is 5.61. The molecular weight excluding hydrogens is 294 g/mol. The molecule has 2 aliphatic carbocycles. The van der Waals surface area contributed by atoms with Crippen LogP contribution in [0, 0.1) is 11.1 Å². The van der Waals surface area contributed by atoms with E-state index in [0.717, 1.165) is 11.1 Å². The quantitative estimate of drug-likeness (QED) is 0.484. The fraction of sp³-hybridized carbons (Fsp3) is 0.556. The zero-order valence-electron chi connectivity index (χ0n) is 15.9. The smallest absolute Gasteiger partial charge is 0.165 e. The Balaban J connectivity index is 1.78. The van der Waals surface area contributed by atoms with Crippen LogP contribution in [-0.2, 0) is 11.8 Å². The van der Waals surface area contributed by atoms with Crippen molar-refractivity contribution in [1.29, 1.82) is 0 Å². The maximum atomic E-state index is 13.5. The van der Waals surface area contributed by atoms with Crippen LogP contribution in [-0.4, -0.2) is 48.6 Å². The van der Waals surface area contributed by atoms with Crippen LogP contribution in [0.15, 0.2) is 24.3 Å². The summed E-state index contributed by atoms with van der Waals surface area (Å²) < 4.78 is 34.1. The van der Waals surface area contributed by atoms with Crippen LogP contribution in [0.25, 0.3) is 0 Å². The third-order valence-electron chi connectivity index (χ3n) is 6.30. The van der Waals surface area contributed by atoms with E-state index in [0.29, 0.717) is 24.3 Å². The van der Waals surface area contributed by atoms with Gasteiger partial charge in [-0.05, 0) is 11.6 Å². The molecule has 0 amide bonds. The molecule has 1 N–H and O–H groups in total. The van der Waals surface area contributed by atoms with E-state index in [1.165, 1.54) is 0 Å². The van der Waals surface area contributed by atoms with Gasteiger partial charge in [0.15, 0.2) is 11.5 Å². The molecule has 5 rings (SSSR count). The first-order valence-electron chi connectivity index (χ1n) is 9.56. The van der Waals surface area contributed by atoms with Crippen molar-refractivity contribution in [3.8, 4) is 11.5 Å². The Bertz CT molecular complexity index is 825. The van der Waals surface area contributed by atoms with Crippen molar-refractivity contribution < 1.29 is 23.3 Å². The number of hydrogen-bond donors (Lipinski definition) is 1. The molecule has 6 atom stereocenters. The van der Waals surface area contributed by atoms with Gasteiger partial charge in [-0.3, -0.25) is 0 Å². The van der Waals surface area contributed by atoms with E-state index in [-0.39, 0.29) is 12.5 Å². The minimum absolute atomic E-state index is 0.00578. The van der Waals surface area contributed by atoms with Gasteiger partial charge >= 0.3 is 0 Å². The first-order valence-corrected chi connectivity index (χ1v) is 8.06. The van der Waals surface area contributed by atoms with Crippen LogP contribution in [0.5, 0.6) is 11.5 Å². The highest BCUT2D eigenvalue weighted by atomic mass is 16.5. The maximum Gasteiger partial charge on any atom is 0.165 e. The molecule has 5 nitrogen and oxygen atoms in total. The van der Waals surface area contributed by atoms with Crippen molar-refractivity contribution in [1.82, 2.24) is 0 Å². The number of hydroxylamine groups is 3. The molecule has 122 valence electrons. The second-order valence-corrected chi connectivity index (χ2v) is 7.15. The molecule has 5 heteroatoms. The van der Waals surface area contributed by atoms with Crippen molar-refractivity contribution in [2.45, 2.75) is 36.5 Å². The molecule has 1 saturated heterocycles. The van der Waals surface area contributed by atoms with Crippen LogP contribution >= 0.6 is 0 Å². The molecule has 2 heterocycles. The molecule has 1 spiro atoms. The van der Waals surface area contributed by atoms with Crippen molar-refractivity contribution in [3.05, 3.63) is 40.6 Å². The summed E-state index contributed by atoms with van der Waals surface area (Å²) in [7, 11) is 1.58. The number of methoxy groups -OCH3 is 1. The van der Waals surface area contributed by atoms with Crippen molar-refractivity contribution >= 4 is 0 Å². The van der Waals surface area contributed by atoms with E-state index in [9.17, 15) is 10.3 Å². The summed E-state index contributed by atoms with van der Waals surface area (Å²) in [6.07, 6.45) is 2.94. The lowest BCUT2D eigenvalue weighted by Gasteiger charge is -2.61. The van der Waals surface area contributed by atoms with Gasteiger partial charge in [0.2, 0.25) is 0 Å². The molecule has 0 aromatic heterocycles. The van der Waals surface area contributed by atoms with E-state index in [4.69, 9.17) is 13.6 Å². The van der Waals surface area contributed by atoms with E-state index in [1.807, 2.05) is 12.1 Å². The van der Waals surface area contributed by atoms with Gasteiger partial charge in [0.1, 0.15) is 12.2 Å². The van der Waals surface area contributed by atoms with Gasteiger partial charge in [-0.25, -0.2) is 0 Å². The zero-order chi connectivity index (χ0) is 18.5. The number of ether oxygens (including phenoxy) is 2. The van der Waals surface area contributed by atoms with E-state index in [2.05, 4.69) is 0 Å². The Hall–Kier alpha value is -1.56. The minimum Gasteiger partial charge on any atom is -0.633 e. The standard InChI is InChI=1S/C18H21NO4/c1-19(21)8-7-18-11-4-5-13(20)17(18)23-16-14(22-2)6-3-10(15(16)18)9-12(11)19/h3-6,11-13,17,20H,7-9H2,1-2H3/t11-,12+,13-,17-,18-,19+/m0/s1/i1D3. The molecular formula is C18H21NO4. The summed E-state index contributed by atoms with van der Waals surface area (Å²) in [5.74, 6) is 0.977. The van der Waals surface area contributed by atoms with Crippen LogP contribution in [0.1, 0.15) is 21.7 Å². The highest BCUT2D eigenvalue weighted by Crippen LogP contribution is 2.63. The number of quaternary nitrogens is 1. The molecule has 0 saturated carbocycles. The van der Waals surface area contributed by atoms with Gasteiger partial charge in [0.05, 0.1) is 36.2 Å². The Morgan fingerprint density at radius 1 is 1.48 bits per heavy atom. The van der Waals surface area contributed by atoms with Gasteiger partial charge < -0.3 is 24.4 Å². The number of aliphatic hydroxyl groups is 1. The number of piperidine rings is 1. The number of hydrogen-bond acceptors (Lipinski definition) is 4. The molecule has 23 heavy (non-hydrogen) atoms. The Kier molecular flexibility index (Phi) is 1.97. The van der Waals surface area contributed by atoms with Crippen molar-refractivity contribution in [3.63, 3.8) is 0 Å². The van der Waals surface area contributed by atoms with Gasteiger partial charge in [-0.2, -0.15) is 0 Å². The maximum absolute atomic E-state index is 13.5. The monoisotopic (exact) mass is 318 g/mol. The van der Waals surface area contributed by atoms with Gasteiger partial charge in [-0.1, -0.05) is 18.2 Å². The topological polar surface area (TPSA) is 61.8 Å². The molecule has 0 radical (unpaired) electrons. The van der Waals surface area contributed by atoms with Crippen LogP contribution in [0.2, 0.25) is 0 Å². The summed E-state index contributed by atoms with van der Waals surface area (Å²) >= 11 is 0. The average Bonchev–Trinajstić information content (AvgIpc) is 2.94. The molecule has 1 fully saturated rings. The van der Waals surface area contributed by atoms with E-state index in [1.54, 1.807) is 19.3 Å². The van der Waals surface area contributed by atoms with Gasteiger partial charge in [0.25, 0.3) is 0 Å². The SMILES string of the molecule is [2H]C([2H])([2H])[N@@+]1([O-])CC[C@]23c4c5ccc(OC)c4O[C@H]2[C@@H](O)C=C[C@H]3[C@H]1C5. The highest BCUT2D eigenvalue weighted by Gasteiger charge is 2.66. The Labute approximate surface area is 139 Å². The van der Waals surface area contributed by atoms with Crippen molar-refractivity contribution in [2.75, 3.05) is 20.6 Å². The van der Waals surface area contributed by atoms with E-state index >= 15 is 0 Å². The Morgan fingerprint density at radius 2 is 2.35 bits per heavy atom. The molecule has 2 bridgehead atoms. The minimum atomic E-state index is -2.63. The van der Waals surface area contributed by atoms with Crippen molar-refractivity contribution in [2.24, 2.45) is 5.92 Å². The Morgan fingerprint density at radius 3 is 3.13 bits per heavy atom. The lowest BCUT2D eigenvalue weighted by atomic mass is 9.53. The van der Waals surface area contributed by atoms with E-state index < -0.39 is 35.3 Å². The van der Waals surface area contributed by atoms with Crippen LogP contribution in [0.4, 0.5) is 0 Å². The van der Waals surface area contributed by atoms with Gasteiger partial charge in [-0.15, -0.1) is 0 Å². The number of nitrogens with zero attached hydrogens (tertiary/aromatic N) is 1. The zero-order valence-corrected chi connectivity index (χ0v) is 12.9. The predicted molar refractivity (Wildman–Crippen MR) is 84.3 cm³/mol. The predicted octanol–water partition coefficient (Wildman–Crippen LogP) is 1.51. The lowest BCUT2D eigenvalue weighted by molar-refractivity contribution is -0.898.